The van der Waals surface area contributed by atoms with Crippen LogP contribution < -0.4 is 9.62 Å². The summed E-state index contributed by atoms with van der Waals surface area (Å²) in [7, 11) is -3.96. The Labute approximate surface area is 191 Å². The zero-order chi connectivity index (χ0) is 23.6. The van der Waals surface area contributed by atoms with Crippen LogP contribution in [0.5, 0.6) is 0 Å². The Morgan fingerprint density at radius 3 is 2.42 bits per heavy atom. The fourth-order valence-corrected chi connectivity index (χ4v) is 4.76. The molecule has 0 bridgehead atoms. The van der Waals surface area contributed by atoms with Gasteiger partial charge in [0.05, 0.1) is 4.90 Å². The molecule has 33 heavy (non-hydrogen) atoms. The van der Waals surface area contributed by atoms with Crippen molar-refractivity contribution in [2.45, 2.75) is 24.8 Å². The summed E-state index contributed by atoms with van der Waals surface area (Å²) in [5.74, 6) is -0.945. The molecule has 0 aliphatic carbocycles. The van der Waals surface area contributed by atoms with E-state index in [1.165, 1.54) is 24.3 Å². The van der Waals surface area contributed by atoms with Crippen LogP contribution in [0.1, 0.15) is 17.5 Å². The van der Waals surface area contributed by atoms with Crippen molar-refractivity contribution >= 4 is 27.4 Å². The third-order valence-electron chi connectivity index (χ3n) is 5.46. The van der Waals surface area contributed by atoms with Crippen LogP contribution in [-0.2, 0) is 16.6 Å². The number of nitrogens with zero attached hydrogens (tertiary/aromatic N) is 2. The molecular formula is C24H23F2N3O3S. The van der Waals surface area contributed by atoms with Gasteiger partial charge in [0.15, 0.2) is 0 Å². The van der Waals surface area contributed by atoms with Gasteiger partial charge in [-0.25, -0.2) is 22.0 Å². The average Bonchev–Trinajstić information content (AvgIpc) is 2.77. The molecule has 1 fully saturated rings. The number of amides is 2. The fourth-order valence-electron chi connectivity index (χ4n) is 3.69. The Hall–Kier alpha value is -3.46. The Morgan fingerprint density at radius 1 is 0.970 bits per heavy atom. The third-order valence-corrected chi connectivity index (χ3v) is 6.84. The molecule has 1 aliphatic rings. The number of carbonyl (C=O) groups is 1. The Morgan fingerprint density at radius 2 is 1.73 bits per heavy atom. The van der Waals surface area contributed by atoms with Crippen molar-refractivity contribution in [2.75, 3.05) is 22.7 Å². The monoisotopic (exact) mass is 471 g/mol. The van der Waals surface area contributed by atoms with Gasteiger partial charge in [0.2, 0.25) is 0 Å². The van der Waals surface area contributed by atoms with E-state index in [2.05, 4.69) is 4.72 Å². The van der Waals surface area contributed by atoms with Crippen molar-refractivity contribution in [1.29, 1.82) is 0 Å². The molecule has 0 saturated carbocycles. The standard InChI is InChI=1S/C24H23F2N3O3S/c1-17-6-11-22(15-23(17)26)33(31,32)27-20-7-9-21(10-8-20)29-13-3-12-28(24(29)30)16-18-4-2-5-19(25)14-18/h2,4-11,14-15,27H,3,12-13,16H2,1H3. The highest BCUT2D eigenvalue weighted by molar-refractivity contribution is 7.92. The van der Waals surface area contributed by atoms with E-state index in [9.17, 15) is 22.0 Å². The van der Waals surface area contributed by atoms with Crippen LogP contribution in [0.15, 0.2) is 71.6 Å². The molecule has 1 heterocycles. The van der Waals surface area contributed by atoms with Crippen LogP contribution in [0.2, 0.25) is 0 Å². The molecule has 0 aromatic heterocycles. The number of halogens is 2. The van der Waals surface area contributed by atoms with Gasteiger partial charge in [-0.2, -0.15) is 0 Å². The smallest absolute Gasteiger partial charge is 0.320 e. The van der Waals surface area contributed by atoms with E-state index < -0.39 is 15.8 Å². The summed E-state index contributed by atoms with van der Waals surface area (Å²) in [6, 6.07) is 16.1. The molecule has 0 unspecified atom stereocenters. The van der Waals surface area contributed by atoms with E-state index in [-0.39, 0.29) is 16.7 Å². The predicted octanol–water partition coefficient (Wildman–Crippen LogP) is 4.91. The minimum atomic E-state index is -3.96. The third kappa shape index (κ3) is 5.14. The topological polar surface area (TPSA) is 69.7 Å². The maximum absolute atomic E-state index is 13.8. The van der Waals surface area contributed by atoms with Crippen molar-refractivity contribution in [3.63, 3.8) is 0 Å². The van der Waals surface area contributed by atoms with Crippen LogP contribution in [0.25, 0.3) is 0 Å². The van der Waals surface area contributed by atoms with E-state index in [1.54, 1.807) is 53.1 Å². The minimum absolute atomic E-state index is 0.172. The number of carbonyl (C=O) groups excluding carboxylic acids is 1. The quantitative estimate of drug-likeness (QED) is 0.556. The van der Waals surface area contributed by atoms with Crippen LogP contribution in [0.3, 0.4) is 0 Å². The molecule has 0 spiro atoms. The van der Waals surface area contributed by atoms with E-state index >= 15 is 0 Å². The number of anilines is 2. The summed E-state index contributed by atoms with van der Waals surface area (Å²) in [4.78, 5) is 16.1. The van der Waals surface area contributed by atoms with Gasteiger partial charge in [-0.3, -0.25) is 9.62 Å². The minimum Gasteiger partial charge on any atom is -0.320 e. The number of nitrogens with one attached hydrogen (secondary N) is 1. The molecule has 3 aromatic carbocycles. The first kappa shape index (κ1) is 22.7. The highest BCUT2D eigenvalue weighted by Gasteiger charge is 2.27. The van der Waals surface area contributed by atoms with Crippen LogP contribution in [0, 0.1) is 18.6 Å². The lowest BCUT2D eigenvalue weighted by Crippen LogP contribution is -2.49. The highest BCUT2D eigenvalue weighted by Crippen LogP contribution is 2.25. The highest BCUT2D eigenvalue weighted by atomic mass is 32.2. The summed E-state index contributed by atoms with van der Waals surface area (Å²) >= 11 is 0. The molecule has 1 saturated heterocycles. The van der Waals surface area contributed by atoms with Crippen LogP contribution >= 0.6 is 0 Å². The second kappa shape index (κ2) is 9.19. The van der Waals surface area contributed by atoms with Gasteiger partial charge in [0.1, 0.15) is 11.6 Å². The lowest BCUT2D eigenvalue weighted by Gasteiger charge is -2.35. The number of sulfonamides is 1. The number of hydrogen-bond donors (Lipinski definition) is 1. The van der Waals surface area contributed by atoms with Crippen molar-refractivity contribution in [3.05, 3.63) is 89.5 Å². The molecule has 4 rings (SSSR count). The largest absolute Gasteiger partial charge is 0.324 e. The Kier molecular flexibility index (Phi) is 6.33. The maximum atomic E-state index is 13.8. The molecule has 2 amide bonds. The second-order valence-corrected chi connectivity index (χ2v) is 9.59. The Balaban J connectivity index is 1.47. The molecular weight excluding hydrogens is 448 g/mol. The number of benzene rings is 3. The lowest BCUT2D eigenvalue weighted by atomic mass is 10.1. The fraction of sp³-hybridized carbons (Fsp3) is 0.208. The number of aryl methyl sites for hydroxylation is 1. The summed E-state index contributed by atoms with van der Waals surface area (Å²) < 4.78 is 54.8. The number of rotatable bonds is 6. The summed E-state index contributed by atoms with van der Waals surface area (Å²) in [6.45, 7) is 2.94. The van der Waals surface area contributed by atoms with E-state index in [0.29, 0.717) is 42.1 Å². The molecule has 3 aromatic rings. The van der Waals surface area contributed by atoms with Crippen LogP contribution in [-0.4, -0.2) is 32.4 Å². The van der Waals surface area contributed by atoms with Crippen molar-refractivity contribution in [2.24, 2.45) is 0 Å². The maximum Gasteiger partial charge on any atom is 0.324 e. The summed E-state index contributed by atoms with van der Waals surface area (Å²) in [5, 5.41) is 0. The molecule has 1 N–H and O–H groups in total. The lowest BCUT2D eigenvalue weighted by molar-refractivity contribution is 0.192. The first-order valence-electron chi connectivity index (χ1n) is 10.4. The van der Waals surface area contributed by atoms with Gasteiger partial charge in [-0.15, -0.1) is 0 Å². The molecule has 1 aliphatic heterocycles. The second-order valence-electron chi connectivity index (χ2n) is 7.90. The normalized spacial score (nSPS) is 14.5. The molecule has 172 valence electrons. The Bertz CT molecular complexity index is 1280. The van der Waals surface area contributed by atoms with Crippen molar-refractivity contribution in [3.8, 4) is 0 Å². The van der Waals surface area contributed by atoms with Gasteiger partial charge in [0, 0.05) is 31.0 Å². The van der Waals surface area contributed by atoms with Crippen molar-refractivity contribution < 1.29 is 22.0 Å². The molecule has 0 atom stereocenters. The molecule has 6 nitrogen and oxygen atoms in total. The van der Waals surface area contributed by atoms with E-state index in [1.807, 2.05) is 0 Å². The SMILES string of the molecule is Cc1ccc(S(=O)(=O)Nc2ccc(N3CCCN(Cc4cccc(F)c4)C3=O)cc2)cc1F. The number of urea groups is 1. The molecule has 0 radical (unpaired) electrons. The van der Waals surface area contributed by atoms with Gasteiger partial charge >= 0.3 is 6.03 Å². The zero-order valence-electron chi connectivity index (χ0n) is 18.0. The van der Waals surface area contributed by atoms with Gasteiger partial charge in [-0.1, -0.05) is 18.2 Å². The average molecular weight is 472 g/mol. The number of hydrogen-bond acceptors (Lipinski definition) is 3. The van der Waals surface area contributed by atoms with Gasteiger partial charge < -0.3 is 4.90 Å². The zero-order valence-corrected chi connectivity index (χ0v) is 18.8. The van der Waals surface area contributed by atoms with Crippen LogP contribution in [0.4, 0.5) is 25.0 Å². The first-order valence-corrected chi connectivity index (χ1v) is 11.9. The van der Waals surface area contributed by atoms with Crippen molar-refractivity contribution in [1.82, 2.24) is 4.90 Å². The van der Waals surface area contributed by atoms with Gasteiger partial charge in [-0.05, 0) is 73.0 Å². The molecule has 9 heteroatoms. The first-order chi connectivity index (χ1) is 15.7. The predicted molar refractivity (Wildman–Crippen MR) is 123 cm³/mol. The van der Waals surface area contributed by atoms with E-state index in [0.717, 1.165) is 12.5 Å². The van der Waals surface area contributed by atoms with Gasteiger partial charge in [0.25, 0.3) is 10.0 Å². The summed E-state index contributed by atoms with van der Waals surface area (Å²) in [6.07, 6.45) is 0.744. The summed E-state index contributed by atoms with van der Waals surface area (Å²) in [5.41, 5.74) is 1.98. The van der Waals surface area contributed by atoms with E-state index in [4.69, 9.17) is 0 Å².